The lowest BCUT2D eigenvalue weighted by atomic mass is 10.0. The number of nitrogens with zero attached hydrogens (tertiary/aromatic N) is 3. The number of methoxy groups -OCH3 is 1. The fraction of sp³-hybridized carbons (Fsp3) is 0.423. The summed E-state index contributed by atoms with van der Waals surface area (Å²) in [4.78, 5) is 26.9. The number of esters is 1. The Morgan fingerprint density at radius 2 is 1.87 bits per heavy atom. The van der Waals surface area contributed by atoms with E-state index in [2.05, 4.69) is 15.0 Å². The molecule has 2 atom stereocenters. The molecule has 0 aliphatic heterocycles. The van der Waals surface area contributed by atoms with Crippen LogP contribution >= 0.6 is 0 Å². The van der Waals surface area contributed by atoms with Crippen LogP contribution in [-0.4, -0.2) is 53.0 Å². The lowest BCUT2D eigenvalue weighted by Crippen LogP contribution is -2.21. The van der Waals surface area contributed by atoms with Crippen LogP contribution in [0.2, 0.25) is 0 Å². The van der Waals surface area contributed by atoms with E-state index >= 15 is 0 Å². The van der Waals surface area contributed by atoms with Gasteiger partial charge in [0.1, 0.15) is 0 Å². The first-order chi connectivity index (χ1) is 18.4. The fourth-order valence-electron chi connectivity index (χ4n) is 3.96. The van der Waals surface area contributed by atoms with Crippen molar-refractivity contribution in [3.63, 3.8) is 0 Å². The second-order valence-electron chi connectivity index (χ2n) is 8.87. The third kappa shape index (κ3) is 7.79. The van der Waals surface area contributed by atoms with Crippen molar-refractivity contribution in [2.24, 2.45) is 5.92 Å². The molecule has 0 fully saturated rings. The Morgan fingerprint density at radius 3 is 2.46 bits per heavy atom. The van der Waals surface area contributed by atoms with Gasteiger partial charge in [0.05, 0.1) is 21.6 Å². The predicted molar refractivity (Wildman–Crippen MR) is 142 cm³/mol. The number of ether oxygens (including phenoxy) is 2. The number of imidazole rings is 1. The molecule has 1 aromatic heterocycles. The molecule has 1 heterocycles. The van der Waals surface area contributed by atoms with E-state index in [0.717, 1.165) is 0 Å². The minimum absolute atomic E-state index is 0.0206. The van der Waals surface area contributed by atoms with Crippen molar-refractivity contribution in [1.29, 1.82) is 0 Å². The monoisotopic (exact) mass is 568 g/mol. The Labute approximate surface area is 226 Å². The number of hydrogen-bond acceptors (Lipinski definition) is 6. The van der Waals surface area contributed by atoms with Crippen LogP contribution in [0.4, 0.5) is 24.5 Å². The van der Waals surface area contributed by atoms with E-state index in [4.69, 9.17) is 4.74 Å². The average Bonchev–Trinajstić information content (AvgIpc) is 3.27. The van der Waals surface area contributed by atoms with Crippen LogP contribution in [0.3, 0.4) is 0 Å². The van der Waals surface area contributed by atoms with Gasteiger partial charge < -0.3 is 19.4 Å². The highest BCUT2D eigenvalue weighted by Crippen LogP contribution is 2.34. The van der Waals surface area contributed by atoms with E-state index in [9.17, 15) is 27.0 Å². The second-order valence-corrected chi connectivity index (χ2v) is 10.4. The zero-order valence-electron chi connectivity index (χ0n) is 22.1. The van der Waals surface area contributed by atoms with Crippen molar-refractivity contribution < 1.29 is 36.4 Å². The third-order valence-electron chi connectivity index (χ3n) is 6.09. The molecule has 3 rings (SSSR count). The van der Waals surface area contributed by atoms with Crippen molar-refractivity contribution in [3.8, 4) is 0 Å². The maximum atomic E-state index is 13.9. The Morgan fingerprint density at radius 1 is 1.18 bits per heavy atom. The molecule has 9 nitrogen and oxygen atoms in total. The number of aromatic nitrogens is 2. The molecule has 3 aromatic rings. The maximum Gasteiger partial charge on any atom is 0.449 e. The van der Waals surface area contributed by atoms with Crippen LogP contribution < -0.4 is 9.62 Å². The Balaban J connectivity index is 1.82. The summed E-state index contributed by atoms with van der Waals surface area (Å²) in [5.41, 5.74) is 1.33. The molecule has 2 aromatic carbocycles. The number of halogens is 3. The summed E-state index contributed by atoms with van der Waals surface area (Å²) in [6.45, 7) is 3.30. The molecule has 1 N–H and O–H groups in total. The summed E-state index contributed by atoms with van der Waals surface area (Å²) in [6.07, 6.45) is -3.32. The largest absolute Gasteiger partial charge is 0.456 e. The van der Waals surface area contributed by atoms with Gasteiger partial charge in [0.25, 0.3) is 5.91 Å². The van der Waals surface area contributed by atoms with Gasteiger partial charge in [0, 0.05) is 39.9 Å². The zero-order valence-corrected chi connectivity index (χ0v) is 22.9. The standard InChI is InChI=1S/C26H31F3N4O5S/c1-5-18(12-13-37-4)15-33-23-11-8-20(14-22(23)31-25(33)26(27,28)29)32(3)39(36)21-9-6-19(7-10-21)30-24(35)16-38-17(2)34/h6-11,14,18H,5,12-13,15-16H2,1-4H3,(H,30,35). The van der Waals surface area contributed by atoms with Gasteiger partial charge in [-0.25, -0.2) is 9.19 Å². The summed E-state index contributed by atoms with van der Waals surface area (Å²) < 4.78 is 67.2. The zero-order chi connectivity index (χ0) is 28.7. The van der Waals surface area contributed by atoms with E-state index in [0.29, 0.717) is 41.2 Å². The first-order valence-corrected chi connectivity index (χ1v) is 13.3. The fourth-order valence-corrected chi connectivity index (χ4v) is 4.95. The van der Waals surface area contributed by atoms with Crippen molar-refractivity contribution in [2.45, 2.75) is 44.3 Å². The van der Waals surface area contributed by atoms with Gasteiger partial charge in [-0.15, -0.1) is 0 Å². The highest BCUT2D eigenvalue weighted by molar-refractivity contribution is 7.86. The van der Waals surface area contributed by atoms with Gasteiger partial charge in [-0.05, 0) is 54.8 Å². The van der Waals surface area contributed by atoms with Crippen molar-refractivity contribution in [1.82, 2.24) is 9.55 Å². The van der Waals surface area contributed by atoms with E-state index in [1.165, 1.54) is 21.9 Å². The molecular weight excluding hydrogens is 537 g/mol. The van der Waals surface area contributed by atoms with Crippen LogP contribution in [-0.2, 0) is 42.8 Å². The topological polar surface area (TPSA) is 103 Å². The summed E-state index contributed by atoms with van der Waals surface area (Å²) >= 11 is 0. The smallest absolute Gasteiger partial charge is 0.449 e. The van der Waals surface area contributed by atoms with Crippen molar-refractivity contribution in [2.75, 3.05) is 37.0 Å². The number of anilines is 2. The van der Waals surface area contributed by atoms with Crippen LogP contribution in [0.5, 0.6) is 0 Å². The molecule has 0 aliphatic rings. The van der Waals surface area contributed by atoms with Gasteiger partial charge in [0.2, 0.25) is 5.82 Å². The minimum Gasteiger partial charge on any atom is -0.456 e. The minimum atomic E-state index is -4.64. The van der Waals surface area contributed by atoms with Gasteiger partial charge in [-0.1, -0.05) is 13.3 Å². The molecule has 0 aliphatic carbocycles. The summed E-state index contributed by atoms with van der Waals surface area (Å²) in [5.74, 6) is -2.09. The number of carbonyl (C=O) groups is 2. The second kappa shape index (κ2) is 13.1. The molecule has 212 valence electrons. The van der Waals surface area contributed by atoms with E-state index in [1.54, 1.807) is 50.6 Å². The van der Waals surface area contributed by atoms with Crippen LogP contribution in [0, 0.1) is 5.92 Å². The van der Waals surface area contributed by atoms with Crippen LogP contribution in [0.1, 0.15) is 32.5 Å². The summed E-state index contributed by atoms with van der Waals surface area (Å²) in [6, 6.07) is 10.8. The van der Waals surface area contributed by atoms with E-state index in [1.807, 2.05) is 6.92 Å². The lowest BCUT2D eigenvalue weighted by Gasteiger charge is -2.20. The first-order valence-electron chi connectivity index (χ1n) is 12.2. The van der Waals surface area contributed by atoms with E-state index < -0.39 is 41.5 Å². The van der Waals surface area contributed by atoms with Gasteiger partial charge in [-0.2, -0.15) is 13.2 Å². The summed E-state index contributed by atoms with van der Waals surface area (Å²) in [5, 5.41) is 2.55. The number of benzene rings is 2. The van der Waals surface area contributed by atoms with Crippen molar-refractivity contribution in [3.05, 3.63) is 48.3 Å². The molecule has 0 saturated heterocycles. The Hall–Kier alpha value is -3.45. The normalized spacial score (nSPS) is 13.2. The highest BCUT2D eigenvalue weighted by atomic mass is 32.2. The van der Waals surface area contributed by atoms with Crippen LogP contribution in [0.25, 0.3) is 11.0 Å². The number of rotatable bonds is 12. The molecule has 0 spiro atoms. The molecule has 0 bridgehead atoms. The third-order valence-corrected chi connectivity index (χ3v) is 7.48. The van der Waals surface area contributed by atoms with Crippen molar-refractivity contribution >= 4 is 45.3 Å². The Bertz CT molecular complexity index is 1330. The number of amides is 1. The lowest BCUT2D eigenvalue weighted by molar-refractivity contribution is -0.147. The summed E-state index contributed by atoms with van der Waals surface area (Å²) in [7, 11) is 1.42. The van der Waals surface area contributed by atoms with E-state index in [-0.39, 0.29) is 18.0 Å². The molecule has 39 heavy (non-hydrogen) atoms. The quantitative estimate of drug-likeness (QED) is 0.316. The molecule has 0 saturated carbocycles. The van der Waals surface area contributed by atoms with Crippen LogP contribution in [0.15, 0.2) is 47.4 Å². The SMILES string of the molecule is CCC(CCOC)Cn1c(C(F)(F)F)nc2cc(N(C)S(=O)c3ccc(NC(=O)COC(C)=O)cc3)ccc21. The molecular formula is C26H31F3N4O5S. The average molecular weight is 569 g/mol. The number of carbonyl (C=O) groups excluding carboxylic acids is 2. The van der Waals surface area contributed by atoms with Gasteiger partial charge in [0.15, 0.2) is 17.6 Å². The number of fused-ring (bicyclic) bond motifs is 1. The highest BCUT2D eigenvalue weighted by Gasteiger charge is 2.38. The predicted octanol–water partition coefficient (Wildman–Crippen LogP) is 4.78. The number of alkyl halides is 3. The number of nitrogens with one attached hydrogen (secondary N) is 1. The molecule has 1 amide bonds. The number of hydrogen-bond donors (Lipinski definition) is 1. The first kappa shape index (κ1) is 30.1. The van der Waals surface area contributed by atoms with Gasteiger partial charge >= 0.3 is 12.1 Å². The van der Waals surface area contributed by atoms with Gasteiger partial charge in [-0.3, -0.25) is 13.9 Å². The molecule has 13 heteroatoms. The molecule has 0 radical (unpaired) electrons. The molecule has 2 unspecified atom stereocenters. The Kier molecular flexibility index (Phi) is 10.1. The maximum absolute atomic E-state index is 13.9.